The predicted molar refractivity (Wildman–Crippen MR) is 80.2 cm³/mol. The van der Waals surface area contributed by atoms with Gasteiger partial charge in [0.2, 0.25) is 0 Å². The monoisotopic (exact) mass is 268 g/mol. The molecule has 1 aliphatic carbocycles. The largest absolute Gasteiger partial charge is 0.376 e. The third-order valence-corrected chi connectivity index (χ3v) is 5.03. The maximum Gasteiger partial charge on any atom is 0.0675 e. The van der Waals surface area contributed by atoms with E-state index in [2.05, 4.69) is 39.5 Å². The molecule has 3 nitrogen and oxygen atoms in total. The molecule has 2 aliphatic rings. The number of nitrogens with zero attached hydrogens (tertiary/aromatic N) is 1. The Morgan fingerprint density at radius 1 is 1.21 bits per heavy atom. The quantitative estimate of drug-likeness (QED) is 0.837. The molecule has 1 saturated heterocycles. The van der Waals surface area contributed by atoms with Gasteiger partial charge in [-0.2, -0.15) is 0 Å². The molecule has 0 amide bonds. The molecule has 2 rings (SSSR count). The van der Waals surface area contributed by atoms with E-state index in [9.17, 15) is 0 Å². The lowest BCUT2D eigenvalue weighted by molar-refractivity contribution is -0.119. The molecular formula is C16H32N2O. The molecule has 4 atom stereocenters. The first-order valence-corrected chi connectivity index (χ1v) is 7.86. The summed E-state index contributed by atoms with van der Waals surface area (Å²) in [6.45, 7) is 14.3. The van der Waals surface area contributed by atoms with Crippen molar-refractivity contribution in [3.05, 3.63) is 0 Å². The lowest BCUT2D eigenvalue weighted by Crippen LogP contribution is -2.65. The van der Waals surface area contributed by atoms with Gasteiger partial charge >= 0.3 is 0 Å². The van der Waals surface area contributed by atoms with Gasteiger partial charge in [0, 0.05) is 24.7 Å². The topological polar surface area (TPSA) is 38.5 Å². The molecule has 0 aromatic rings. The van der Waals surface area contributed by atoms with Crippen molar-refractivity contribution in [2.75, 3.05) is 19.7 Å². The molecule has 0 aromatic heterocycles. The van der Waals surface area contributed by atoms with Crippen molar-refractivity contribution in [1.29, 1.82) is 0 Å². The lowest BCUT2D eigenvalue weighted by atomic mass is 9.63. The van der Waals surface area contributed by atoms with Crippen LogP contribution in [0.25, 0.3) is 0 Å². The van der Waals surface area contributed by atoms with Crippen LogP contribution in [0.2, 0.25) is 0 Å². The predicted octanol–water partition coefficient (Wildman–Crippen LogP) is 2.64. The number of rotatable bonds is 2. The van der Waals surface area contributed by atoms with Gasteiger partial charge < -0.3 is 10.5 Å². The van der Waals surface area contributed by atoms with Crippen molar-refractivity contribution in [3.63, 3.8) is 0 Å². The number of nitrogens with two attached hydrogens (primary N) is 1. The highest BCUT2D eigenvalue weighted by Gasteiger charge is 2.48. The molecule has 3 heteroatoms. The summed E-state index contributed by atoms with van der Waals surface area (Å²) in [7, 11) is 0. The van der Waals surface area contributed by atoms with Crippen LogP contribution in [0.3, 0.4) is 0 Å². The zero-order valence-corrected chi connectivity index (χ0v) is 13.4. The van der Waals surface area contributed by atoms with Crippen LogP contribution in [0.5, 0.6) is 0 Å². The van der Waals surface area contributed by atoms with Crippen molar-refractivity contribution in [2.45, 2.75) is 71.6 Å². The number of ether oxygens (including phenoxy) is 1. The molecule has 4 unspecified atom stereocenters. The standard InChI is InChI=1S/C16H32N2O/c1-12-6-15(4,5)10-16(7-12,11-17)18-8-14(3)19-9-13(18)2/h12-14H,6-11,17H2,1-5H3. The first-order valence-electron chi connectivity index (χ1n) is 7.86. The average Bonchev–Trinajstić information content (AvgIpc) is 2.29. The van der Waals surface area contributed by atoms with Gasteiger partial charge in [-0.25, -0.2) is 0 Å². The highest BCUT2D eigenvalue weighted by atomic mass is 16.5. The smallest absolute Gasteiger partial charge is 0.0675 e. The van der Waals surface area contributed by atoms with Crippen molar-refractivity contribution >= 4 is 0 Å². The molecule has 112 valence electrons. The van der Waals surface area contributed by atoms with Crippen molar-refractivity contribution in [2.24, 2.45) is 17.1 Å². The normalized spacial score (nSPS) is 44.2. The summed E-state index contributed by atoms with van der Waals surface area (Å²) < 4.78 is 5.80. The first-order chi connectivity index (χ1) is 8.78. The zero-order valence-electron chi connectivity index (χ0n) is 13.4. The summed E-state index contributed by atoms with van der Waals surface area (Å²) in [6, 6.07) is 0.487. The van der Waals surface area contributed by atoms with Crippen LogP contribution < -0.4 is 5.73 Å². The number of hydrogen-bond donors (Lipinski definition) is 1. The van der Waals surface area contributed by atoms with E-state index in [-0.39, 0.29) is 5.54 Å². The van der Waals surface area contributed by atoms with Crippen molar-refractivity contribution < 1.29 is 4.74 Å². The van der Waals surface area contributed by atoms with Gasteiger partial charge in [0.05, 0.1) is 12.7 Å². The molecule has 19 heavy (non-hydrogen) atoms. The van der Waals surface area contributed by atoms with E-state index in [1.807, 2.05) is 0 Å². The van der Waals surface area contributed by atoms with Crippen LogP contribution in [0.15, 0.2) is 0 Å². The highest BCUT2D eigenvalue weighted by molar-refractivity contribution is 5.03. The Labute approximate surface area is 118 Å². The van der Waals surface area contributed by atoms with Gasteiger partial charge in [-0.05, 0) is 44.4 Å². The summed E-state index contributed by atoms with van der Waals surface area (Å²) in [4.78, 5) is 2.67. The van der Waals surface area contributed by atoms with Gasteiger partial charge in [0.15, 0.2) is 0 Å². The van der Waals surface area contributed by atoms with Gasteiger partial charge in [0.25, 0.3) is 0 Å². The van der Waals surface area contributed by atoms with E-state index >= 15 is 0 Å². The Kier molecular flexibility index (Phi) is 4.29. The van der Waals surface area contributed by atoms with E-state index in [0.29, 0.717) is 17.6 Å². The molecule has 0 spiro atoms. The summed E-state index contributed by atoms with van der Waals surface area (Å²) >= 11 is 0. The molecular weight excluding hydrogens is 236 g/mol. The summed E-state index contributed by atoms with van der Waals surface area (Å²) in [6.07, 6.45) is 4.12. The van der Waals surface area contributed by atoms with Crippen LogP contribution >= 0.6 is 0 Å². The minimum absolute atomic E-state index is 0.179. The maximum atomic E-state index is 6.28. The second-order valence-corrected chi connectivity index (χ2v) is 7.93. The number of hydrogen-bond acceptors (Lipinski definition) is 3. The van der Waals surface area contributed by atoms with E-state index < -0.39 is 0 Å². The average molecular weight is 268 g/mol. The molecule has 0 aromatic carbocycles. The lowest BCUT2D eigenvalue weighted by Gasteiger charge is -2.56. The van der Waals surface area contributed by atoms with E-state index in [0.717, 1.165) is 25.6 Å². The Morgan fingerprint density at radius 3 is 2.47 bits per heavy atom. The Hall–Kier alpha value is -0.120. The maximum absolute atomic E-state index is 6.28. The van der Waals surface area contributed by atoms with Crippen LogP contribution in [0, 0.1) is 11.3 Å². The van der Waals surface area contributed by atoms with Gasteiger partial charge in [-0.1, -0.05) is 20.8 Å². The second kappa shape index (κ2) is 5.34. The third kappa shape index (κ3) is 3.14. The minimum atomic E-state index is 0.179. The molecule has 2 N–H and O–H groups in total. The van der Waals surface area contributed by atoms with Gasteiger partial charge in [0.1, 0.15) is 0 Å². The second-order valence-electron chi connectivity index (χ2n) is 7.93. The fraction of sp³-hybridized carbons (Fsp3) is 1.00. The SMILES string of the molecule is CC1CC(C)(C)CC(CN)(N2CC(C)OCC2C)C1. The zero-order chi connectivity index (χ0) is 14.3. The van der Waals surface area contributed by atoms with E-state index in [4.69, 9.17) is 10.5 Å². The van der Waals surface area contributed by atoms with Crippen molar-refractivity contribution in [3.8, 4) is 0 Å². The summed E-state index contributed by atoms with van der Waals surface area (Å²) in [5.74, 6) is 0.762. The van der Waals surface area contributed by atoms with Crippen LogP contribution in [0.1, 0.15) is 53.9 Å². The summed E-state index contributed by atoms with van der Waals surface area (Å²) in [5, 5.41) is 0. The Morgan fingerprint density at radius 2 is 1.89 bits per heavy atom. The van der Waals surface area contributed by atoms with Gasteiger partial charge in [-0.3, -0.25) is 4.90 Å². The molecule has 0 radical (unpaired) electrons. The van der Waals surface area contributed by atoms with Crippen LogP contribution in [0.4, 0.5) is 0 Å². The number of morpholine rings is 1. The Balaban J connectivity index is 2.25. The molecule has 2 fully saturated rings. The Bertz CT molecular complexity index is 318. The minimum Gasteiger partial charge on any atom is -0.376 e. The van der Waals surface area contributed by atoms with Crippen molar-refractivity contribution in [1.82, 2.24) is 4.90 Å². The molecule has 0 bridgehead atoms. The first kappa shape index (κ1) is 15.3. The van der Waals surface area contributed by atoms with E-state index in [1.165, 1.54) is 19.3 Å². The third-order valence-electron chi connectivity index (χ3n) is 5.03. The fourth-order valence-corrected chi connectivity index (χ4v) is 4.76. The molecule has 1 aliphatic heterocycles. The van der Waals surface area contributed by atoms with Gasteiger partial charge in [-0.15, -0.1) is 0 Å². The fourth-order valence-electron chi connectivity index (χ4n) is 4.76. The highest BCUT2D eigenvalue weighted by Crippen LogP contribution is 2.47. The molecule has 1 saturated carbocycles. The van der Waals surface area contributed by atoms with E-state index in [1.54, 1.807) is 0 Å². The summed E-state index contributed by atoms with van der Waals surface area (Å²) in [5.41, 5.74) is 6.86. The van der Waals surface area contributed by atoms with Crippen LogP contribution in [-0.4, -0.2) is 42.3 Å². The van der Waals surface area contributed by atoms with Crippen LogP contribution in [-0.2, 0) is 4.74 Å². The molecule has 1 heterocycles.